The molecule has 0 unspecified atom stereocenters. The fourth-order valence-corrected chi connectivity index (χ4v) is 2.75. The van der Waals surface area contributed by atoms with E-state index in [9.17, 15) is 8.42 Å². The van der Waals surface area contributed by atoms with Gasteiger partial charge in [0.05, 0.1) is 11.4 Å². The minimum absolute atomic E-state index is 0.140. The minimum Gasteiger partial charge on any atom is -0.396 e. The summed E-state index contributed by atoms with van der Waals surface area (Å²) in [7, 11) is -0.520. The number of rotatable bonds is 6. The highest BCUT2D eigenvalue weighted by Crippen LogP contribution is 2.28. The first-order valence-electron chi connectivity index (χ1n) is 5.45. The number of nitrogen functional groups attached to an aromatic ring is 1. The Morgan fingerprint density at radius 1 is 1.39 bits per heavy atom. The number of nitrogens with two attached hydrogens (primary N) is 1. The van der Waals surface area contributed by atoms with Crippen molar-refractivity contribution < 1.29 is 8.42 Å². The Balaban J connectivity index is 3.06. The molecular formula is C11H19N3O2S2. The van der Waals surface area contributed by atoms with Crippen molar-refractivity contribution in [1.29, 1.82) is 0 Å². The number of anilines is 2. The molecule has 1 aromatic carbocycles. The monoisotopic (exact) mass is 289 g/mol. The van der Waals surface area contributed by atoms with Gasteiger partial charge in [-0.25, -0.2) is 12.7 Å². The largest absolute Gasteiger partial charge is 0.396 e. The van der Waals surface area contributed by atoms with E-state index in [1.54, 1.807) is 23.9 Å². The van der Waals surface area contributed by atoms with Gasteiger partial charge in [0.1, 0.15) is 4.90 Å². The normalized spacial score (nSPS) is 11.8. The number of benzene rings is 1. The second kappa shape index (κ2) is 6.31. The lowest BCUT2D eigenvalue weighted by molar-refractivity contribution is 0.521. The zero-order valence-corrected chi connectivity index (χ0v) is 12.4. The summed E-state index contributed by atoms with van der Waals surface area (Å²) in [5.74, 6) is 0.935. The van der Waals surface area contributed by atoms with E-state index in [0.717, 1.165) is 16.6 Å². The summed E-state index contributed by atoms with van der Waals surface area (Å²) in [4.78, 5) is 0.140. The van der Waals surface area contributed by atoms with Gasteiger partial charge in [0, 0.05) is 26.4 Å². The van der Waals surface area contributed by atoms with E-state index >= 15 is 0 Å². The topological polar surface area (TPSA) is 75.4 Å². The van der Waals surface area contributed by atoms with Crippen molar-refractivity contribution in [2.45, 2.75) is 4.90 Å². The highest BCUT2D eigenvalue weighted by Gasteiger charge is 2.21. The smallest absolute Gasteiger partial charge is 0.244 e. The first-order chi connectivity index (χ1) is 8.41. The molecule has 7 heteroatoms. The van der Waals surface area contributed by atoms with Crippen LogP contribution in [0.15, 0.2) is 23.1 Å². The van der Waals surface area contributed by atoms with Crippen molar-refractivity contribution in [3.05, 3.63) is 18.2 Å². The molecule has 0 atom stereocenters. The number of thioether (sulfide) groups is 1. The molecule has 5 nitrogen and oxygen atoms in total. The van der Waals surface area contributed by atoms with E-state index in [1.807, 2.05) is 6.26 Å². The van der Waals surface area contributed by atoms with Crippen LogP contribution in [-0.2, 0) is 10.0 Å². The van der Waals surface area contributed by atoms with Crippen molar-refractivity contribution >= 4 is 33.2 Å². The average Bonchev–Trinajstić information content (AvgIpc) is 2.31. The Kier molecular flexibility index (Phi) is 5.30. The molecule has 18 heavy (non-hydrogen) atoms. The standard InChI is InChI=1S/C11H19N3O2S2/c1-14(2)18(15,16)10-6-4-5-9(11(10)12)13-7-8-17-3/h4-6,13H,7-8,12H2,1-3H3. The molecule has 0 aliphatic rings. The minimum atomic E-state index is -3.50. The Hall–Kier alpha value is -0.920. The lowest BCUT2D eigenvalue weighted by Crippen LogP contribution is -2.23. The summed E-state index contributed by atoms with van der Waals surface area (Å²) < 4.78 is 25.3. The van der Waals surface area contributed by atoms with E-state index in [1.165, 1.54) is 20.2 Å². The predicted molar refractivity (Wildman–Crippen MR) is 78.6 cm³/mol. The molecule has 1 aromatic rings. The number of nitrogens with one attached hydrogen (secondary N) is 1. The van der Waals surface area contributed by atoms with Crippen molar-refractivity contribution in [3.63, 3.8) is 0 Å². The van der Waals surface area contributed by atoms with Gasteiger partial charge in [0.2, 0.25) is 10.0 Å². The van der Waals surface area contributed by atoms with Crippen LogP contribution in [-0.4, -0.2) is 45.4 Å². The van der Waals surface area contributed by atoms with Gasteiger partial charge in [0.15, 0.2) is 0 Å². The Morgan fingerprint density at radius 2 is 2.06 bits per heavy atom. The molecule has 0 aliphatic heterocycles. The molecule has 0 bridgehead atoms. The Morgan fingerprint density at radius 3 is 2.61 bits per heavy atom. The number of hydrogen-bond acceptors (Lipinski definition) is 5. The maximum atomic E-state index is 12.0. The van der Waals surface area contributed by atoms with Crippen LogP contribution in [0.4, 0.5) is 11.4 Å². The molecule has 0 saturated heterocycles. The summed E-state index contributed by atoms with van der Waals surface area (Å²) in [6.45, 7) is 0.747. The van der Waals surface area contributed by atoms with Crippen LogP contribution in [0.3, 0.4) is 0 Å². The molecule has 0 radical (unpaired) electrons. The number of para-hydroxylation sites is 1. The Labute approximate surface area is 113 Å². The van der Waals surface area contributed by atoms with Crippen LogP contribution >= 0.6 is 11.8 Å². The van der Waals surface area contributed by atoms with Gasteiger partial charge >= 0.3 is 0 Å². The molecule has 102 valence electrons. The maximum Gasteiger partial charge on any atom is 0.244 e. The van der Waals surface area contributed by atoms with Crippen molar-refractivity contribution in [2.24, 2.45) is 0 Å². The summed E-state index contributed by atoms with van der Waals surface area (Å²) in [5, 5.41) is 3.14. The van der Waals surface area contributed by atoms with E-state index in [-0.39, 0.29) is 10.6 Å². The number of sulfonamides is 1. The van der Waals surface area contributed by atoms with Crippen molar-refractivity contribution in [3.8, 4) is 0 Å². The van der Waals surface area contributed by atoms with Crippen molar-refractivity contribution in [1.82, 2.24) is 4.31 Å². The average molecular weight is 289 g/mol. The lowest BCUT2D eigenvalue weighted by atomic mass is 10.2. The van der Waals surface area contributed by atoms with Crippen molar-refractivity contribution in [2.75, 3.05) is 43.7 Å². The summed E-state index contributed by atoms with van der Waals surface area (Å²) in [5.41, 5.74) is 6.84. The molecule has 0 amide bonds. The van der Waals surface area contributed by atoms with Gasteiger partial charge in [-0.2, -0.15) is 11.8 Å². The Bertz CT molecular complexity index is 501. The molecule has 0 aromatic heterocycles. The van der Waals surface area contributed by atoms with Crippen LogP contribution in [0.1, 0.15) is 0 Å². The van der Waals surface area contributed by atoms with Crippen LogP contribution < -0.4 is 11.1 Å². The first kappa shape index (κ1) is 15.1. The SMILES string of the molecule is CSCCNc1cccc(S(=O)(=O)N(C)C)c1N. The second-order valence-corrected chi connectivity index (χ2v) is 7.03. The maximum absolute atomic E-state index is 12.0. The third-order valence-corrected chi connectivity index (χ3v) is 4.93. The summed E-state index contributed by atoms with van der Waals surface area (Å²) >= 11 is 1.71. The van der Waals surface area contributed by atoms with Crippen LogP contribution in [0, 0.1) is 0 Å². The molecule has 0 heterocycles. The molecule has 0 spiro atoms. The lowest BCUT2D eigenvalue weighted by Gasteiger charge is -2.16. The van der Waals surface area contributed by atoms with E-state index in [2.05, 4.69) is 5.32 Å². The quantitative estimate of drug-likeness (QED) is 0.610. The predicted octanol–water partition coefficient (Wildman–Crippen LogP) is 1.29. The van der Waals surface area contributed by atoms with Crippen LogP contribution in [0.2, 0.25) is 0 Å². The first-order valence-corrected chi connectivity index (χ1v) is 8.28. The van der Waals surface area contributed by atoms with Crippen LogP contribution in [0.25, 0.3) is 0 Å². The third kappa shape index (κ3) is 3.30. The molecule has 0 saturated carbocycles. The highest BCUT2D eigenvalue weighted by atomic mass is 32.2. The zero-order chi connectivity index (χ0) is 13.8. The fourth-order valence-electron chi connectivity index (χ4n) is 1.41. The van der Waals surface area contributed by atoms with Gasteiger partial charge < -0.3 is 11.1 Å². The fraction of sp³-hybridized carbons (Fsp3) is 0.455. The number of hydrogen-bond donors (Lipinski definition) is 2. The highest BCUT2D eigenvalue weighted by molar-refractivity contribution is 7.98. The molecule has 3 N–H and O–H groups in total. The third-order valence-electron chi connectivity index (χ3n) is 2.45. The van der Waals surface area contributed by atoms with Gasteiger partial charge in [-0.1, -0.05) is 6.07 Å². The van der Waals surface area contributed by atoms with E-state index < -0.39 is 10.0 Å². The summed E-state index contributed by atoms with van der Waals surface area (Å²) in [6.07, 6.45) is 2.01. The molecule has 1 rings (SSSR count). The molecule has 0 aliphatic carbocycles. The van der Waals surface area contributed by atoms with Gasteiger partial charge in [-0.05, 0) is 18.4 Å². The second-order valence-electron chi connectivity index (χ2n) is 3.92. The zero-order valence-electron chi connectivity index (χ0n) is 10.8. The molecular weight excluding hydrogens is 270 g/mol. The van der Waals surface area contributed by atoms with Crippen LogP contribution in [0.5, 0.6) is 0 Å². The summed E-state index contributed by atoms with van der Waals surface area (Å²) in [6, 6.07) is 4.99. The van der Waals surface area contributed by atoms with E-state index in [4.69, 9.17) is 5.73 Å². The number of nitrogens with zero attached hydrogens (tertiary/aromatic N) is 1. The van der Waals surface area contributed by atoms with Gasteiger partial charge in [0.25, 0.3) is 0 Å². The van der Waals surface area contributed by atoms with E-state index in [0.29, 0.717) is 5.69 Å². The van der Waals surface area contributed by atoms with Gasteiger partial charge in [-0.15, -0.1) is 0 Å². The molecule has 0 fully saturated rings. The van der Waals surface area contributed by atoms with Gasteiger partial charge in [-0.3, -0.25) is 0 Å².